The van der Waals surface area contributed by atoms with Gasteiger partial charge in [-0.05, 0) is 30.7 Å². The lowest BCUT2D eigenvalue weighted by atomic mass is 10.1. The third-order valence-electron chi connectivity index (χ3n) is 3.52. The lowest BCUT2D eigenvalue weighted by molar-refractivity contribution is -0.384. The summed E-state index contributed by atoms with van der Waals surface area (Å²) in [6.45, 7) is 2.20. The van der Waals surface area contributed by atoms with Gasteiger partial charge in [0.15, 0.2) is 0 Å². The fraction of sp³-hybridized carbons (Fsp3) is 0.235. The van der Waals surface area contributed by atoms with E-state index in [1.165, 1.54) is 6.07 Å². The summed E-state index contributed by atoms with van der Waals surface area (Å²) in [5.74, 6) is -0.136. The van der Waals surface area contributed by atoms with Gasteiger partial charge in [-0.25, -0.2) is 0 Å². The molecular weight excluding hydrogens is 330 g/mol. The fourth-order valence-corrected chi connectivity index (χ4v) is 2.37. The predicted molar refractivity (Wildman–Crippen MR) is 94.2 cm³/mol. The summed E-state index contributed by atoms with van der Waals surface area (Å²) in [4.78, 5) is 22.5. The number of nitrogens with one attached hydrogen (secondary N) is 2. The maximum absolute atomic E-state index is 12.0. The number of hydrogen-bond donors (Lipinski definition) is 2. The zero-order chi connectivity index (χ0) is 17.5. The van der Waals surface area contributed by atoms with Gasteiger partial charge >= 0.3 is 0 Å². The second kappa shape index (κ2) is 8.31. The van der Waals surface area contributed by atoms with E-state index in [4.69, 9.17) is 11.6 Å². The number of amides is 1. The van der Waals surface area contributed by atoms with E-state index < -0.39 is 4.92 Å². The number of carbonyl (C=O) groups excluding carboxylic acids is 1. The van der Waals surface area contributed by atoms with Crippen LogP contribution in [0.15, 0.2) is 48.5 Å². The van der Waals surface area contributed by atoms with Crippen molar-refractivity contribution in [1.29, 1.82) is 0 Å². The molecule has 0 spiro atoms. The average molecular weight is 348 g/mol. The highest BCUT2D eigenvalue weighted by Crippen LogP contribution is 2.23. The highest BCUT2D eigenvalue weighted by Gasteiger charge is 2.13. The zero-order valence-electron chi connectivity index (χ0n) is 13.2. The van der Waals surface area contributed by atoms with E-state index in [2.05, 4.69) is 10.6 Å². The summed E-state index contributed by atoms with van der Waals surface area (Å²) in [5, 5.41) is 17.4. The van der Waals surface area contributed by atoms with Gasteiger partial charge in [-0.2, -0.15) is 0 Å². The highest BCUT2D eigenvalue weighted by molar-refractivity contribution is 6.30. The number of rotatable bonds is 7. The molecule has 1 amide bonds. The molecule has 0 aliphatic rings. The first-order chi connectivity index (χ1) is 11.5. The van der Waals surface area contributed by atoms with E-state index in [1.54, 1.807) is 30.3 Å². The first-order valence-corrected chi connectivity index (χ1v) is 7.87. The van der Waals surface area contributed by atoms with Crippen molar-refractivity contribution in [2.24, 2.45) is 0 Å². The number of nitro benzene ring substituents is 1. The Hall–Kier alpha value is -2.60. The molecule has 7 heteroatoms. The molecule has 2 aromatic rings. The lowest BCUT2D eigenvalue weighted by Crippen LogP contribution is -2.28. The van der Waals surface area contributed by atoms with Crippen LogP contribution in [0.1, 0.15) is 24.9 Å². The lowest BCUT2D eigenvalue weighted by Gasteiger charge is -2.15. The maximum atomic E-state index is 12.0. The first kappa shape index (κ1) is 17.7. The molecule has 24 heavy (non-hydrogen) atoms. The molecule has 0 aliphatic carbocycles. The van der Waals surface area contributed by atoms with Crippen LogP contribution in [-0.4, -0.2) is 17.4 Å². The van der Waals surface area contributed by atoms with Crippen LogP contribution in [0, 0.1) is 10.1 Å². The van der Waals surface area contributed by atoms with Crippen molar-refractivity contribution in [1.82, 2.24) is 5.32 Å². The van der Waals surface area contributed by atoms with Gasteiger partial charge in [-0.15, -0.1) is 0 Å². The summed E-state index contributed by atoms with van der Waals surface area (Å²) in [6.07, 6.45) is 0.212. The molecule has 6 nitrogen and oxygen atoms in total. The van der Waals surface area contributed by atoms with Crippen LogP contribution < -0.4 is 10.6 Å². The maximum Gasteiger partial charge on any atom is 0.292 e. The fourth-order valence-electron chi connectivity index (χ4n) is 2.24. The molecule has 0 radical (unpaired) electrons. The molecule has 0 bridgehead atoms. The normalized spacial score (nSPS) is 11.6. The third kappa shape index (κ3) is 4.96. The van der Waals surface area contributed by atoms with Gasteiger partial charge in [0.1, 0.15) is 5.69 Å². The Morgan fingerprint density at radius 2 is 1.88 bits per heavy atom. The van der Waals surface area contributed by atoms with Crippen LogP contribution in [0.2, 0.25) is 5.02 Å². The summed E-state index contributed by atoms with van der Waals surface area (Å²) in [5.41, 5.74) is 1.35. The topological polar surface area (TPSA) is 84.3 Å². The molecule has 126 valence electrons. The Morgan fingerprint density at radius 1 is 1.21 bits per heavy atom. The minimum Gasteiger partial charge on any atom is -0.379 e. The van der Waals surface area contributed by atoms with Crippen LogP contribution in [-0.2, 0) is 4.79 Å². The zero-order valence-corrected chi connectivity index (χ0v) is 13.9. The Labute approximate surface area is 145 Å². The van der Waals surface area contributed by atoms with Crippen molar-refractivity contribution < 1.29 is 9.72 Å². The standard InChI is InChI=1S/C17H18ClN3O3/c1-12(13-6-8-14(18)9-7-13)20-17(22)10-11-19-15-4-2-3-5-16(15)21(23)24/h2-9,12,19H,10-11H2,1H3,(H,20,22). The van der Waals surface area contributed by atoms with Crippen LogP contribution in [0.5, 0.6) is 0 Å². The van der Waals surface area contributed by atoms with Crippen molar-refractivity contribution >= 4 is 28.9 Å². The van der Waals surface area contributed by atoms with Gasteiger partial charge in [0.2, 0.25) is 5.91 Å². The molecule has 0 aromatic heterocycles. The average Bonchev–Trinajstić information content (AvgIpc) is 2.55. The number of para-hydroxylation sites is 2. The van der Waals surface area contributed by atoms with Crippen LogP contribution in [0.3, 0.4) is 0 Å². The molecule has 0 saturated carbocycles. The van der Waals surface area contributed by atoms with Gasteiger partial charge in [-0.3, -0.25) is 14.9 Å². The Bertz CT molecular complexity index is 719. The first-order valence-electron chi connectivity index (χ1n) is 7.49. The summed E-state index contributed by atoms with van der Waals surface area (Å²) in [7, 11) is 0. The number of carbonyl (C=O) groups is 1. The van der Waals surface area contributed by atoms with E-state index in [-0.39, 0.29) is 24.1 Å². The number of nitrogens with zero attached hydrogens (tertiary/aromatic N) is 1. The third-order valence-corrected chi connectivity index (χ3v) is 3.77. The van der Waals surface area contributed by atoms with Gasteiger partial charge in [0.25, 0.3) is 5.69 Å². The smallest absolute Gasteiger partial charge is 0.292 e. The van der Waals surface area contributed by atoms with Gasteiger partial charge in [0.05, 0.1) is 11.0 Å². The summed E-state index contributed by atoms with van der Waals surface area (Å²) < 4.78 is 0. The monoisotopic (exact) mass is 347 g/mol. The molecule has 0 aliphatic heterocycles. The molecular formula is C17H18ClN3O3. The van der Waals surface area contributed by atoms with Crippen molar-refractivity contribution in [2.75, 3.05) is 11.9 Å². The van der Waals surface area contributed by atoms with Gasteiger partial charge in [0, 0.05) is 24.1 Å². The minimum atomic E-state index is -0.453. The van der Waals surface area contributed by atoms with E-state index in [0.717, 1.165) is 5.56 Å². The number of halogens is 1. The van der Waals surface area contributed by atoms with Crippen molar-refractivity contribution in [3.8, 4) is 0 Å². The van der Waals surface area contributed by atoms with E-state index in [0.29, 0.717) is 17.3 Å². The number of hydrogen-bond acceptors (Lipinski definition) is 4. The summed E-state index contributed by atoms with van der Waals surface area (Å²) >= 11 is 5.84. The summed E-state index contributed by atoms with van der Waals surface area (Å²) in [6, 6.07) is 13.5. The highest BCUT2D eigenvalue weighted by atomic mass is 35.5. The number of anilines is 1. The Balaban J connectivity index is 1.83. The van der Waals surface area contributed by atoms with Crippen molar-refractivity contribution in [3.63, 3.8) is 0 Å². The molecule has 2 N–H and O–H groups in total. The number of nitro groups is 1. The van der Waals surface area contributed by atoms with Crippen LogP contribution >= 0.6 is 11.6 Å². The molecule has 1 atom stereocenters. The molecule has 0 fully saturated rings. The van der Waals surface area contributed by atoms with Gasteiger partial charge in [-0.1, -0.05) is 35.9 Å². The SMILES string of the molecule is CC(NC(=O)CCNc1ccccc1[N+](=O)[O-])c1ccc(Cl)cc1. The molecule has 0 saturated heterocycles. The van der Waals surface area contributed by atoms with Crippen LogP contribution in [0.25, 0.3) is 0 Å². The molecule has 2 rings (SSSR count). The Kier molecular flexibility index (Phi) is 6.14. The van der Waals surface area contributed by atoms with Gasteiger partial charge < -0.3 is 10.6 Å². The van der Waals surface area contributed by atoms with Crippen molar-refractivity contribution in [2.45, 2.75) is 19.4 Å². The molecule has 0 heterocycles. The van der Waals surface area contributed by atoms with E-state index in [1.807, 2.05) is 19.1 Å². The second-order valence-electron chi connectivity index (χ2n) is 5.29. The minimum absolute atomic E-state index is 0.00700. The molecule has 2 aromatic carbocycles. The van der Waals surface area contributed by atoms with Crippen LogP contribution in [0.4, 0.5) is 11.4 Å². The number of benzene rings is 2. The van der Waals surface area contributed by atoms with E-state index >= 15 is 0 Å². The predicted octanol–water partition coefficient (Wildman–Crippen LogP) is 3.93. The Morgan fingerprint density at radius 3 is 2.54 bits per heavy atom. The largest absolute Gasteiger partial charge is 0.379 e. The van der Waals surface area contributed by atoms with Crippen molar-refractivity contribution in [3.05, 3.63) is 69.2 Å². The second-order valence-corrected chi connectivity index (χ2v) is 5.73. The van der Waals surface area contributed by atoms with E-state index in [9.17, 15) is 14.9 Å². The quantitative estimate of drug-likeness (QED) is 0.587. The molecule has 1 unspecified atom stereocenters.